The highest BCUT2D eigenvalue weighted by molar-refractivity contribution is 5.89. The van der Waals surface area contributed by atoms with Crippen LogP contribution < -0.4 is 0 Å². The molecule has 1 unspecified atom stereocenters. The maximum atomic E-state index is 5.26. The lowest BCUT2D eigenvalue weighted by Gasteiger charge is -2.26. The van der Waals surface area contributed by atoms with E-state index in [1.807, 2.05) is 6.07 Å². The molecule has 0 bridgehead atoms. The van der Waals surface area contributed by atoms with Crippen molar-refractivity contribution in [3.63, 3.8) is 0 Å². The molecule has 86 valence electrons. The van der Waals surface area contributed by atoms with E-state index in [2.05, 4.69) is 50.2 Å². The van der Waals surface area contributed by atoms with Gasteiger partial charge < -0.3 is 4.84 Å². The van der Waals surface area contributed by atoms with E-state index in [0.29, 0.717) is 5.92 Å². The average Bonchev–Trinajstić information content (AvgIpc) is 2.67. The van der Waals surface area contributed by atoms with Crippen LogP contribution in [0.25, 0.3) is 0 Å². The molecule has 0 N–H and O–H groups in total. The molecule has 1 atom stereocenters. The van der Waals surface area contributed by atoms with Crippen molar-refractivity contribution in [3.8, 4) is 0 Å². The smallest absolute Gasteiger partial charge is 0.125 e. The average molecular weight is 217 g/mol. The summed E-state index contributed by atoms with van der Waals surface area (Å²) in [5.41, 5.74) is 2.71. The zero-order chi connectivity index (χ0) is 11.6. The molecular weight excluding hydrogens is 198 g/mol. The van der Waals surface area contributed by atoms with Gasteiger partial charge in [0.05, 0.1) is 5.71 Å². The predicted octanol–water partition coefficient (Wildman–Crippen LogP) is 3.28. The molecule has 2 rings (SSSR count). The van der Waals surface area contributed by atoms with Crippen LogP contribution in [0.1, 0.15) is 26.3 Å². The van der Waals surface area contributed by atoms with Crippen LogP contribution in [-0.4, -0.2) is 12.3 Å². The summed E-state index contributed by atoms with van der Waals surface area (Å²) in [6, 6.07) is 10.5. The van der Waals surface area contributed by atoms with Crippen molar-refractivity contribution in [1.29, 1.82) is 0 Å². The monoisotopic (exact) mass is 217 g/mol. The maximum Gasteiger partial charge on any atom is 0.125 e. The molecule has 16 heavy (non-hydrogen) atoms. The van der Waals surface area contributed by atoms with Gasteiger partial charge in [0.2, 0.25) is 0 Å². The Balaban J connectivity index is 2.11. The van der Waals surface area contributed by atoms with E-state index in [4.69, 9.17) is 4.84 Å². The molecule has 1 heterocycles. The third-order valence-corrected chi connectivity index (χ3v) is 3.10. The minimum absolute atomic E-state index is 0.226. The lowest BCUT2D eigenvalue weighted by molar-refractivity contribution is 0.123. The zero-order valence-electron chi connectivity index (χ0n) is 10.2. The van der Waals surface area contributed by atoms with Crippen LogP contribution in [-0.2, 0) is 11.3 Å². The first-order valence-electron chi connectivity index (χ1n) is 5.80. The maximum absolute atomic E-state index is 5.26. The molecule has 2 nitrogen and oxygen atoms in total. The van der Waals surface area contributed by atoms with Crippen molar-refractivity contribution in [2.24, 2.45) is 16.5 Å². The van der Waals surface area contributed by atoms with Gasteiger partial charge in [-0.1, -0.05) is 56.3 Å². The van der Waals surface area contributed by atoms with Gasteiger partial charge in [-0.2, -0.15) is 0 Å². The predicted molar refractivity (Wildman–Crippen MR) is 66.5 cm³/mol. The molecule has 0 aliphatic carbocycles. The van der Waals surface area contributed by atoms with E-state index < -0.39 is 0 Å². The molecule has 0 saturated heterocycles. The normalized spacial score (nSPS) is 20.4. The van der Waals surface area contributed by atoms with E-state index in [9.17, 15) is 0 Å². The van der Waals surface area contributed by atoms with Crippen molar-refractivity contribution in [2.45, 2.75) is 27.2 Å². The van der Waals surface area contributed by atoms with Crippen molar-refractivity contribution < 1.29 is 4.84 Å². The molecule has 0 amide bonds. The molecule has 1 aromatic carbocycles. The van der Waals surface area contributed by atoms with E-state index in [1.165, 1.54) is 11.3 Å². The van der Waals surface area contributed by atoms with Gasteiger partial charge in [-0.15, -0.1) is 0 Å². The first kappa shape index (κ1) is 11.2. The number of hydrogen-bond donors (Lipinski definition) is 0. The second-order valence-electron chi connectivity index (χ2n) is 5.46. The van der Waals surface area contributed by atoms with Gasteiger partial charge in [0, 0.05) is 12.3 Å². The largest absolute Gasteiger partial charge is 0.395 e. The molecular formula is C14H19NO. The zero-order valence-corrected chi connectivity index (χ0v) is 10.2. The molecule has 1 aromatic rings. The minimum atomic E-state index is 0.226. The van der Waals surface area contributed by atoms with E-state index >= 15 is 0 Å². The number of benzene rings is 1. The highest BCUT2D eigenvalue weighted by atomic mass is 16.6. The van der Waals surface area contributed by atoms with Gasteiger partial charge in [0.15, 0.2) is 0 Å². The summed E-state index contributed by atoms with van der Waals surface area (Å²) in [4.78, 5) is 5.26. The fourth-order valence-electron chi connectivity index (χ4n) is 2.06. The van der Waals surface area contributed by atoms with Gasteiger partial charge >= 0.3 is 0 Å². The number of hydrogen-bond acceptors (Lipinski definition) is 2. The Hall–Kier alpha value is -1.31. The van der Waals surface area contributed by atoms with Crippen LogP contribution in [0.5, 0.6) is 0 Å². The van der Waals surface area contributed by atoms with Crippen LogP contribution in [0.2, 0.25) is 0 Å². The van der Waals surface area contributed by atoms with Crippen molar-refractivity contribution in [1.82, 2.24) is 0 Å². The summed E-state index contributed by atoms with van der Waals surface area (Å²) in [5.74, 6) is 0.438. The second-order valence-corrected chi connectivity index (χ2v) is 5.46. The number of rotatable bonds is 2. The Morgan fingerprint density at radius 3 is 2.56 bits per heavy atom. The number of nitrogens with zero attached hydrogens (tertiary/aromatic N) is 1. The summed E-state index contributed by atoms with van der Waals surface area (Å²) in [6.07, 6.45) is 0.906. The molecule has 0 radical (unpaired) electrons. The third-order valence-electron chi connectivity index (χ3n) is 3.10. The van der Waals surface area contributed by atoms with Gasteiger partial charge in [0.1, 0.15) is 6.61 Å². The third kappa shape index (κ3) is 2.43. The lowest BCUT2D eigenvalue weighted by atomic mass is 9.77. The molecule has 2 heteroatoms. The summed E-state index contributed by atoms with van der Waals surface area (Å²) in [5, 5.41) is 4.20. The SMILES string of the molecule is CC(C)(C)C1CON=C1Cc1ccccc1. The first-order chi connectivity index (χ1) is 7.57. The highest BCUT2D eigenvalue weighted by Crippen LogP contribution is 2.31. The van der Waals surface area contributed by atoms with Crippen LogP contribution in [0.4, 0.5) is 0 Å². The standard InChI is InChI=1S/C14H19NO/c1-14(2,3)12-10-16-15-13(12)9-11-7-5-4-6-8-11/h4-8,12H,9-10H2,1-3H3. The highest BCUT2D eigenvalue weighted by Gasteiger charge is 2.33. The quantitative estimate of drug-likeness (QED) is 0.745. The topological polar surface area (TPSA) is 21.6 Å². The van der Waals surface area contributed by atoms with Crippen LogP contribution in [0, 0.1) is 11.3 Å². The summed E-state index contributed by atoms with van der Waals surface area (Å²) in [7, 11) is 0. The fourth-order valence-corrected chi connectivity index (χ4v) is 2.06. The van der Waals surface area contributed by atoms with Gasteiger partial charge in [-0.3, -0.25) is 0 Å². The minimum Gasteiger partial charge on any atom is -0.395 e. The second kappa shape index (κ2) is 4.28. The van der Waals surface area contributed by atoms with Gasteiger partial charge in [0.25, 0.3) is 0 Å². The van der Waals surface area contributed by atoms with Gasteiger partial charge in [-0.25, -0.2) is 0 Å². The molecule has 1 aliphatic heterocycles. The lowest BCUT2D eigenvalue weighted by Crippen LogP contribution is -2.29. The summed E-state index contributed by atoms with van der Waals surface area (Å²) >= 11 is 0. The van der Waals surface area contributed by atoms with Crippen molar-refractivity contribution in [3.05, 3.63) is 35.9 Å². The first-order valence-corrected chi connectivity index (χ1v) is 5.80. The molecule has 0 saturated carbocycles. The summed E-state index contributed by atoms with van der Waals surface area (Å²) in [6.45, 7) is 7.46. The molecule has 0 fully saturated rings. The van der Waals surface area contributed by atoms with E-state index in [1.54, 1.807) is 0 Å². The fraction of sp³-hybridized carbons (Fsp3) is 0.500. The Morgan fingerprint density at radius 2 is 1.94 bits per heavy atom. The van der Waals surface area contributed by atoms with E-state index in [-0.39, 0.29) is 5.41 Å². The van der Waals surface area contributed by atoms with Crippen LogP contribution in [0.15, 0.2) is 35.5 Å². The molecule has 0 aromatic heterocycles. The Labute approximate surface area is 97.3 Å². The van der Waals surface area contributed by atoms with Crippen molar-refractivity contribution >= 4 is 5.71 Å². The van der Waals surface area contributed by atoms with Crippen LogP contribution >= 0.6 is 0 Å². The Bertz CT molecular complexity index is 375. The summed E-state index contributed by atoms with van der Waals surface area (Å²) < 4.78 is 0. The van der Waals surface area contributed by atoms with Crippen molar-refractivity contribution in [2.75, 3.05) is 6.61 Å². The number of oxime groups is 1. The molecule has 1 aliphatic rings. The van der Waals surface area contributed by atoms with E-state index in [0.717, 1.165) is 13.0 Å². The van der Waals surface area contributed by atoms with Gasteiger partial charge in [-0.05, 0) is 11.0 Å². The Kier molecular flexibility index (Phi) is 2.99. The van der Waals surface area contributed by atoms with Crippen LogP contribution in [0.3, 0.4) is 0 Å². The molecule has 0 spiro atoms. The Morgan fingerprint density at radius 1 is 1.25 bits per heavy atom.